The highest BCUT2D eigenvalue weighted by atomic mass is 35.5. The number of anilines is 1. The number of rotatable bonds is 7. The number of aromatic nitrogens is 3. The number of hydrogen-bond donors (Lipinski definition) is 1. The van der Waals surface area contributed by atoms with Gasteiger partial charge in [-0.15, -0.1) is 21.5 Å². The summed E-state index contributed by atoms with van der Waals surface area (Å²) in [6, 6.07) is 8.13. The Morgan fingerprint density at radius 1 is 1.41 bits per heavy atom. The van der Waals surface area contributed by atoms with Gasteiger partial charge in [-0.05, 0) is 23.6 Å². The zero-order valence-electron chi connectivity index (χ0n) is 14.1. The van der Waals surface area contributed by atoms with Crippen molar-refractivity contribution < 1.29 is 9.72 Å². The average molecular weight is 424 g/mol. The molecule has 8 nitrogen and oxygen atoms in total. The summed E-state index contributed by atoms with van der Waals surface area (Å²) in [4.78, 5) is 23.6. The molecule has 0 aliphatic carbocycles. The molecule has 11 heteroatoms. The third-order valence-electron chi connectivity index (χ3n) is 3.60. The van der Waals surface area contributed by atoms with Gasteiger partial charge >= 0.3 is 0 Å². The second kappa shape index (κ2) is 8.51. The van der Waals surface area contributed by atoms with Crippen molar-refractivity contribution in [1.82, 2.24) is 14.8 Å². The molecule has 1 N–H and O–H groups in total. The largest absolute Gasteiger partial charge is 0.325 e. The van der Waals surface area contributed by atoms with Crippen LogP contribution in [-0.2, 0) is 18.3 Å². The number of thioether (sulfide) groups is 1. The summed E-state index contributed by atoms with van der Waals surface area (Å²) >= 11 is 8.66. The van der Waals surface area contributed by atoms with Crippen molar-refractivity contribution in [2.75, 3.05) is 11.1 Å². The average Bonchev–Trinajstić information content (AvgIpc) is 3.26. The van der Waals surface area contributed by atoms with Crippen molar-refractivity contribution in [3.05, 3.63) is 61.6 Å². The van der Waals surface area contributed by atoms with Crippen LogP contribution in [0, 0.1) is 10.1 Å². The van der Waals surface area contributed by atoms with Crippen LogP contribution in [0.1, 0.15) is 10.7 Å². The second-order valence-corrected chi connectivity index (χ2v) is 7.86. The Labute approximate surface area is 167 Å². The number of benzene rings is 1. The summed E-state index contributed by atoms with van der Waals surface area (Å²) in [6.07, 6.45) is 0.683. The summed E-state index contributed by atoms with van der Waals surface area (Å²) in [5.74, 6) is 0.606. The van der Waals surface area contributed by atoms with Gasteiger partial charge in [0.25, 0.3) is 5.69 Å². The number of hydrogen-bond acceptors (Lipinski definition) is 7. The number of nitro groups is 1. The molecule has 0 fully saturated rings. The van der Waals surface area contributed by atoms with Crippen LogP contribution in [0.2, 0.25) is 5.02 Å². The van der Waals surface area contributed by atoms with Gasteiger partial charge in [0.1, 0.15) is 10.8 Å². The lowest BCUT2D eigenvalue weighted by Gasteiger charge is -2.06. The minimum Gasteiger partial charge on any atom is -0.325 e. The number of nitrogens with one attached hydrogen (secondary N) is 1. The molecule has 0 unspecified atom stereocenters. The Balaban J connectivity index is 1.59. The zero-order valence-corrected chi connectivity index (χ0v) is 16.5. The molecule has 0 spiro atoms. The first-order valence-electron chi connectivity index (χ1n) is 7.71. The summed E-state index contributed by atoms with van der Waals surface area (Å²) in [6.45, 7) is 0. The summed E-state index contributed by atoms with van der Waals surface area (Å²) in [7, 11) is 1.85. The first kappa shape index (κ1) is 19.3. The van der Waals surface area contributed by atoms with E-state index < -0.39 is 4.92 Å². The van der Waals surface area contributed by atoms with E-state index in [1.165, 1.54) is 34.8 Å². The van der Waals surface area contributed by atoms with Crippen LogP contribution in [-0.4, -0.2) is 31.3 Å². The van der Waals surface area contributed by atoms with Gasteiger partial charge in [0, 0.05) is 30.1 Å². The molecule has 0 radical (unpaired) electrons. The third kappa shape index (κ3) is 4.85. The topological polar surface area (TPSA) is 103 Å². The molecule has 27 heavy (non-hydrogen) atoms. The molecule has 0 saturated carbocycles. The molecule has 3 rings (SSSR count). The lowest BCUT2D eigenvalue weighted by molar-refractivity contribution is -0.384. The van der Waals surface area contributed by atoms with Crippen molar-refractivity contribution in [3.8, 4) is 0 Å². The Kier molecular flexibility index (Phi) is 6.09. The lowest BCUT2D eigenvalue weighted by atomic mass is 10.3. The fourth-order valence-corrected chi connectivity index (χ4v) is 3.87. The first-order valence-corrected chi connectivity index (χ1v) is 9.95. The quantitative estimate of drug-likeness (QED) is 0.352. The predicted molar refractivity (Wildman–Crippen MR) is 106 cm³/mol. The van der Waals surface area contributed by atoms with E-state index in [1.807, 2.05) is 29.1 Å². The molecule has 0 aliphatic rings. The van der Waals surface area contributed by atoms with E-state index in [0.29, 0.717) is 17.3 Å². The first-order chi connectivity index (χ1) is 12.9. The van der Waals surface area contributed by atoms with E-state index in [-0.39, 0.29) is 22.4 Å². The second-order valence-electron chi connectivity index (χ2n) is 5.47. The molecule has 1 amide bonds. The van der Waals surface area contributed by atoms with Gasteiger partial charge < -0.3 is 9.88 Å². The highest BCUT2D eigenvalue weighted by Gasteiger charge is 2.15. The van der Waals surface area contributed by atoms with E-state index in [4.69, 9.17) is 11.6 Å². The van der Waals surface area contributed by atoms with Crippen LogP contribution in [0.25, 0.3) is 0 Å². The zero-order chi connectivity index (χ0) is 19.4. The van der Waals surface area contributed by atoms with Crippen molar-refractivity contribution in [2.45, 2.75) is 11.6 Å². The van der Waals surface area contributed by atoms with Gasteiger partial charge in [-0.2, -0.15) is 0 Å². The fourth-order valence-electron chi connectivity index (χ4n) is 2.25. The van der Waals surface area contributed by atoms with E-state index in [2.05, 4.69) is 15.5 Å². The van der Waals surface area contributed by atoms with E-state index >= 15 is 0 Å². The maximum Gasteiger partial charge on any atom is 0.289 e. The van der Waals surface area contributed by atoms with Gasteiger partial charge in [-0.25, -0.2) is 0 Å². The number of amides is 1. The fraction of sp³-hybridized carbons (Fsp3) is 0.188. The number of carbonyl (C=O) groups excluding carboxylic acids is 1. The number of carbonyl (C=O) groups is 1. The molecule has 3 aromatic rings. The lowest BCUT2D eigenvalue weighted by Crippen LogP contribution is -2.14. The van der Waals surface area contributed by atoms with Crippen LogP contribution in [0.3, 0.4) is 0 Å². The Morgan fingerprint density at radius 2 is 2.22 bits per heavy atom. The number of nitro benzene ring substituents is 1. The molecular weight excluding hydrogens is 410 g/mol. The molecule has 1 aromatic carbocycles. The Bertz CT molecular complexity index is 975. The van der Waals surface area contributed by atoms with Gasteiger partial charge in [0.2, 0.25) is 5.91 Å². The van der Waals surface area contributed by atoms with Crippen LogP contribution >= 0.6 is 34.7 Å². The molecule has 2 aromatic heterocycles. The predicted octanol–water partition coefficient (Wildman–Crippen LogP) is 3.76. The molecule has 2 heterocycles. The SMILES string of the molecule is Cn1c(Cc2cccs2)nnc1SCC(=O)Nc1ccc(Cl)c([N+](=O)[O-])c1. The summed E-state index contributed by atoms with van der Waals surface area (Å²) in [5.41, 5.74) is 0.0571. The number of halogens is 1. The Morgan fingerprint density at radius 3 is 2.93 bits per heavy atom. The third-order valence-corrected chi connectivity index (χ3v) is 5.81. The number of nitrogens with zero attached hydrogens (tertiary/aromatic N) is 4. The normalized spacial score (nSPS) is 10.7. The van der Waals surface area contributed by atoms with Crippen LogP contribution < -0.4 is 5.32 Å². The van der Waals surface area contributed by atoms with Gasteiger partial charge in [0.15, 0.2) is 5.16 Å². The summed E-state index contributed by atoms with van der Waals surface area (Å²) in [5, 5.41) is 24.5. The Hall–Kier alpha value is -2.43. The molecule has 0 saturated heterocycles. The van der Waals surface area contributed by atoms with Gasteiger partial charge in [-0.3, -0.25) is 14.9 Å². The van der Waals surface area contributed by atoms with Crippen LogP contribution in [0.15, 0.2) is 40.9 Å². The van der Waals surface area contributed by atoms with Gasteiger partial charge in [0.05, 0.1) is 10.7 Å². The van der Waals surface area contributed by atoms with E-state index in [9.17, 15) is 14.9 Å². The number of thiophene rings is 1. The van der Waals surface area contributed by atoms with Gasteiger partial charge in [-0.1, -0.05) is 29.4 Å². The monoisotopic (exact) mass is 423 g/mol. The van der Waals surface area contributed by atoms with E-state index in [0.717, 1.165) is 5.82 Å². The molecule has 0 aliphatic heterocycles. The van der Waals surface area contributed by atoms with Crippen LogP contribution in [0.5, 0.6) is 0 Å². The highest BCUT2D eigenvalue weighted by Crippen LogP contribution is 2.27. The highest BCUT2D eigenvalue weighted by molar-refractivity contribution is 7.99. The minimum absolute atomic E-state index is 0.0183. The van der Waals surface area contributed by atoms with Crippen molar-refractivity contribution in [2.24, 2.45) is 7.05 Å². The molecule has 140 valence electrons. The maximum absolute atomic E-state index is 12.1. The van der Waals surface area contributed by atoms with E-state index in [1.54, 1.807) is 11.3 Å². The van der Waals surface area contributed by atoms with Crippen molar-refractivity contribution in [1.29, 1.82) is 0 Å². The molecular formula is C16H14ClN5O3S2. The summed E-state index contributed by atoms with van der Waals surface area (Å²) < 4.78 is 1.85. The van der Waals surface area contributed by atoms with Crippen LogP contribution in [0.4, 0.5) is 11.4 Å². The minimum atomic E-state index is -0.596. The standard InChI is InChI=1S/C16H14ClN5O3S2/c1-21-14(8-11-3-2-6-26-11)19-20-16(21)27-9-15(23)18-10-4-5-12(17)13(7-10)22(24)25/h2-7H,8-9H2,1H3,(H,18,23). The van der Waals surface area contributed by atoms with Crippen molar-refractivity contribution >= 4 is 52.0 Å². The van der Waals surface area contributed by atoms with Crippen molar-refractivity contribution in [3.63, 3.8) is 0 Å². The maximum atomic E-state index is 12.1. The molecule has 0 atom stereocenters. The smallest absolute Gasteiger partial charge is 0.289 e. The molecule has 0 bridgehead atoms.